The quantitative estimate of drug-likeness (QED) is 0.142. The Morgan fingerprint density at radius 1 is 0.232 bits per heavy atom. The molecule has 16 aromatic rings. The first-order valence-corrected chi connectivity index (χ1v) is 31.2. The van der Waals surface area contributed by atoms with Crippen LogP contribution >= 0.6 is 45.3 Å². The Morgan fingerprint density at radius 2 is 0.549 bits per heavy atom. The summed E-state index contributed by atoms with van der Waals surface area (Å²) in [5.41, 5.74) is 18.9. The van der Waals surface area contributed by atoms with E-state index in [1.54, 1.807) is 0 Å². The van der Waals surface area contributed by atoms with E-state index < -0.39 is 0 Å². The molecule has 6 heteroatoms. The molecule has 4 heterocycles. The van der Waals surface area contributed by atoms with Crippen molar-refractivity contribution in [3.05, 3.63) is 265 Å². The Kier molecular flexibility index (Phi) is 11.6. The zero-order valence-corrected chi connectivity index (χ0v) is 48.9. The van der Waals surface area contributed by atoms with Crippen LogP contribution in [0.4, 0.5) is 34.1 Å². The second kappa shape index (κ2) is 19.4. The smallest absolute Gasteiger partial charge is 0.0569 e. The molecule has 0 saturated carbocycles. The Morgan fingerprint density at radius 3 is 0.915 bits per heavy atom. The van der Waals surface area contributed by atoms with Crippen molar-refractivity contribution in [3.63, 3.8) is 0 Å². The fraction of sp³-hybridized carbons (Fsp3) is 0.0526. The second-order valence-corrected chi connectivity index (χ2v) is 26.1. The summed E-state index contributed by atoms with van der Waals surface area (Å²) in [5, 5.41) is 10.4. The van der Waals surface area contributed by atoms with Crippen LogP contribution in [0.3, 0.4) is 0 Å². The van der Waals surface area contributed by atoms with Gasteiger partial charge in [-0.2, -0.15) is 0 Å². The molecule has 82 heavy (non-hydrogen) atoms. The third-order valence-electron chi connectivity index (χ3n) is 16.7. The highest BCUT2D eigenvalue weighted by Gasteiger charge is 2.26. The van der Waals surface area contributed by atoms with Crippen molar-refractivity contribution in [2.24, 2.45) is 0 Å². The average Bonchev–Trinajstić information content (AvgIpc) is 4.40. The van der Waals surface area contributed by atoms with Gasteiger partial charge < -0.3 is 9.80 Å². The molecule has 2 nitrogen and oxygen atoms in total. The lowest BCUT2D eigenvalue weighted by atomic mass is 9.95. The van der Waals surface area contributed by atoms with E-state index in [1.807, 2.05) is 45.3 Å². The van der Waals surface area contributed by atoms with Crippen molar-refractivity contribution in [1.82, 2.24) is 0 Å². The van der Waals surface area contributed by atoms with Crippen molar-refractivity contribution in [2.75, 3.05) is 9.80 Å². The van der Waals surface area contributed by atoms with Gasteiger partial charge in [0.2, 0.25) is 0 Å². The topological polar surface area (TPSA) is 6.48 Å². The second-order valence-electron chi connectivity index (χ2n) is 21.8. The summed E-state index contributed by atoms with van der Waals surface area (Å²) in [6.07, 6.45) is 0. The Bertz CT molecular complexity index is 4930. The lowest BCUT2D eigenvalue weighted by Gasteiger charge is -2.31. The molecule has 0 radical (unpaired) electrons. The van der Waals surface area contributed by atoms with Gasteiger partial charge in [0.25, 0.3) is 0 Å². The first-order valence-electron chi connectivity index (χ1n) is 28.0. The van der Waals surface area contributed by atoms with Gasteiger partial charge in [0.15, 0.2) is 0 Å². The van der Waals surface area contributed by atoms with E-state index in [9.17, 15) is 0 Å². The maximum atomic E-state index is 2.53. The van der Waals surface area contributed by atoms with E-state index in [-0.39, 0.29) is 0 Å². The van der Waals surface area contributed by atoms with Crippen LogP contribution < -0.4 is 9.80 Å². The largest absolute Gasteiger partial charge is 0.309 e. The number of rotatable bonds is 9. The maximum Gasteiger partial charge on any atom is 0.0569 e. The number of fused-ring (bicyclic) bond motifs is 12. The zero-order valence-electron chi connectivity index (χ0n) is 45.6. The summed E-state index contributed by atoms with van der Waals surface area (Å²) >= 11 is 7.47. The van der Waals surface area contributed by atoms with E-state index in [2.05, 4.69) is 280 Å². The number of benzene rings is 12. The van der Waals surface area contributed by atoms with Crippen molar-refractivity contribution in [3.8, 4) is 33.4 Å². The van der Waals surface area contributed by atoms with E-state index in [1.165, 1.54) is 148 Å². The number of nitrogens with zero attached hydrogens (tertiary/aromatic N) is 2. The van der Waals surface area contributed by atoms with Gasteiger partial charge >= 0.3 is 0 Å². The number of hydrogen-bond donors (Lipinski definition) is 0. The molecule has 16 rings (SSSR count). The van der Waals surface area contributed by atoms with Crippen LogP contribution in [0.15, 0.2) is 243 Å². The minimum atomic E-state index is 1.14. The molecule has 0 aliphatic carbocycles. The van der Waals surface area contributed by atoms with Gasteiger partial charge in [-0.05, 0) is 181 Å². The van der Waals surface area contributed by atoms with Crippen molar-refractivity contribution in [2.45, 2.75) is 27.7 Å². The first kappa shape index (κ1) is 49.0. The molecule has 390 valence electrons. The molecule has 0 atom stereocenters. The first-order chi connectivity index (χ1) is 40.3. The summed E-state index contributed by atoms with van der Waals surface area (Å²) in [6.45, 7) is 9.11. The van der Waals surface area contributed by atoms with Gasteiger partial charge in [-0.25, -0.2) is 0 Å². The van der Waals surface area contributed by atoms with Crippen LogP contribution in [0.5, 0.6) is 0 Å². The lowest BCUT2D eigenvalue weighted by Crippen LogP contribution is -2.14. The van der Waals surface area contributed by atoms with E-state index in [0.29, 0.717) is 0 Å². The van der Waals surface area contributed by atoms with Crippen molar-refractivity contribution in [1.29, 1.82) is 0 Å². The summed E-state index contributed by atoms with van der Waals surface area (Å²) in [4.78, 5) is 5.06. The lowest BCUT2D eigenvalue weighted by molar-refractivity contribution is 1.23. The van der Waals surface area contributed by atoms with E-state index >= 15 is 0 Å². The summed E-state index contributed by atoms with van der Waals surface area (Å²) < 4.78 is 10.4. The van der Waals surface area contributed by atoms with Gasteiger partial charge in [-0.1, -0.05) is 133 Å². The minimum absolute atomic E-state index is 1.14. The number of hydrogen-bond acceptors (Lipinski definition) is 6. The molecule has 12 aromatic carbocycles. The normalized spacial score (nSPS) is 11.9. The summed E-state index contributed by atoms with van der Waals surface area (Å²) in [7, 11) is 0. The van der Waals surface area contributed by atoms with Crippen molar-refractivity contribution >= 4 is 160 Å². The van der Waals surface area contributed by atoms with Crippen LogP contribution in [0, 0.1) is 27.7 Å². The highest BCUT2D eigenvalue weighted by molar-refractivity contribution is 7.27. The Labute approximate surface area is 492 Å². The Balaban J connectivity index is 0.841. The van der Waals surface area contributed by atoms with Crippen LogP contribution in [-0.4, -0.2) is 0 Å². The predicted octanol–water partition coefficient (Wildman–Crippen LogP) is 24.3. The van der Waals surface area contributed by atoms with Crippen LogP contribution in [0.25, 0.3) is 114 Å². The predicted molar refractivity (Wildman–Crippen MR) is 363 cm³/mol. The molecule has 0 unspecified atom stereocenters. The number of aryl methyl sites for hydroxylation is 4. The highest BCUT2D eigenvalue weighted by atomic mass is 32.1. The molecule has 4 aromatic heterocycles. The van der Waals surface area contributed by atoms with E-state index in [0.717, 1.165) is 22.7 Å². The molecule has 0 spiro atoms. The molecule has 0 bridgehead atoms. The highest BCUT2D eigenvalue weighted by Crippen LogP contribution is 2.51. The van der Waals surface area contributed by atoms with Gasteiger partial charge in [0.1, 0.15) is 0 Å². The van der Waals surface area contributed by atoms with Gasteiger partial charge in [-0.15, -0.1) is 45.3 Å². The minimum Gasteiger partial charge on any atom is -0.309 e. The average molecular weight is 1120 g/mol. The molecule has 0 aliphatic heterocycles. The molecular formula is C76H52N2S4. The van der Waals surface area contributed by atoms with Gasteiger partial charge in [0, 0.05) is 115 Å². The van der Waals surface area contributed by atoms with E-state index in [4.69, 9.17) is 0 Å². The van der Waals surface area contributed by atoms with Crippen LogP contribution in [0.2, 0.25) is 0 Å². The number of para-hydroxylation sites is 2. The Hall–Kier alpha value is -8.88. The molecule has 0 saturated heterocycles. The standard InChI is InChI=1S/C76H52N2S4/c1-45-15-13-21-55(51-29-35-71-61(41-51)57-17-5-9-23-67(57)79-71)75(45)77(53-31-37-73-63(43-53)59-19-7-11-25-69(59)81-73)65-33-27-49(39-47(65)3)50-28-34-66(48(4)40-50)78(54-32-38-74-64(44-54)60-20-8-12-26-70(60)82-74)76-46(2)16-14-22-56(76)52-30-36-72-62(42-52)58-18-6-10-24-68(58)80-72/h5-44H,1-4H3. The van der Waals surface area contributed by atoms with Crippen LogP contribution in [0.1, 0.15) is 22.3 Å². The fourth-order valence-corrected chi connectivity index (χ4v) is 17.2. The summed E-state index contributed by atoms with van der Waals surface area (Å²) in [6, 6.07) is 91.3. The monoisotopic (exact) mass is 1120 g/mol. The molecule has 0 fully saturated rings. The van der Waals surface area contributed by atoms with Crippen molar-refractivity contribution < 1.29 is 0 Å². The molecular weight excluding hydrogens is 1070 g/mol. The number of anilines is 6. The fourth-order valence-electron chi connectivity index (χ4n) is 12.8. The van der Waals surface area contributed by atoms with Gasteiger partial charge in [0.05, 0.1) is 11.4 Å². The molecule has 0 aliphatic rings. The third kappa shape index (κ3) is 8.00. The zero-order chi connectivity index (χ0) is 54.7. The summed E-state index contributed by atoms with van der Waals surface area (Å²) in [5.74, 6) is 0. The van der Waals surface area contributed by atoms with Crippen LogP contribution in [-0.2, 0) is 0 Å². The molecule has 0 amide bonds. The van der Waals surface area contributed by atoms with Gasteiger partial charge in [-0.3, -0.25) is 0 Å². The number of thiophene rings is 4. The maximum absolute atomic E-state index is 2.53. The SMILES string of the molecule is Cc1cc(-c2ccc(N(c3ccc4sc5ccccc5c4c3)c3c(C)cccc3-c3ccc4sc5ccccc5c4c3)c(C)c2)ccc1N(c1ccc2sc3ccccc3c2c1)c1c(C)cccc1-c1ccc2sc3ccccc3c2c1. The molecule has 0 N–H and O–H groups in total. The third-order valence-corrected chi connectivity index (χ3v) is 21.4.